The fourth-order valence-corrected chi connectivity index (χ4v) is 1.43. The molecule has 0 saturated carbocycles. The molecule has 5 N–H and O–H groups in total. The average molecular weight is 246 g/mol. The molecule has 0 radical (unpaired) electrons. The molecule has 4 nitrogen and oxygen atoms in total. The third-order valence-electron chi connectivity index (χ3n) is 2.17. The molecule has 0 spiro atoms. The monoisotopic (exact) mass is 245 g/mol. The zero-order valence-electron chi connectivity index (χ0n) is 8.76. The maximum absolute atomic E-state index is 9.52. The lowest BCUT2D eigenvalue weighted by atomic mass is 10.0. The van der Waals surface area contributed by atoms with Crippen LogP contribution in [0.3, 0.4) is 0 Å². The van der Waals surface area contributed by atoms with Crippen LogP contribution in [-0.2, 0) is 0 Å². The lowest BCUT2D eigenvalue weighted by Crippen LogP contribution is -2.10. The van der Waals surface area contributed by atoms with E-state index in [4.69, 9.17) is 10.8 Å². The van der Waals surface area contributed by atoms with E-state index < -0.39 is 6.04 Å². The summed E-state index contributed by atoms with van der Waals surface area (Å²) in [5, 5.41) is 28.1. The summed E-state index contributed by atoms with van der Waals surface area (Å²) < 4.78 is 0. The molecule has 0 aromatic heterocycles. The van der Waals surface area contributed by atoms with Crippen LogP contribution in [0.5, 0.6) is 17.2 Å². The van der Waals surface area contributed by atoms with Crippen molar-refractivity contribution < 1.29 is 15.3 Å². The number of hydrogen-bond donors (Lipinski definition) is 4. The number of benzene rings is 1. The fourth-order valence-electron chi connectivity index (χ4n) is 1.43. The standard InChI is InChI=1S/C11H15NO3.ClH/c1-2-3-4-8(12)11-9(14)5-7(13)6-10(11)15;/h2,5-6,8,13-15H,1,3-4,12H2;1H/t8-;/m0./s1. The van der Waals surface area contributed by atoms with Crippen LogP contribution in [0.2, 0.25) is 0 Å². The minimum absolute atomic E-state index is 0. The van der Waals surface area contributed by atoms with E-state index in [0.717, 1.165) is 12.1 Å². The normalized spacial score (nSPS) is 11.6. The zero-order chi connectivity index (χ0) is 11.4. The van der Waals surface area contributed by atoms with Crippen molar-refractivity contribution in [2.45, 2.75) is 18.9 Å². The topological polar surface area (TPSA) is 86.7 Å². The van der Waals surface area contributed by atoms with Crippen molar-refractivity contribution in [3.05, 3.63) is 30.4 Å². The Morgan fingerprint density at radius 1 is 1.25 bits per heavy atom. The van der Waals surface area contributed by atoms with Crippen molar-refractivity contribution in [3.8, 4) is 17.2 Å². The summed E-state index contributed by atoms with van der Waals surface area (Å²) in [6.07, 6.45) is 2.99. The summed E-state index contributed by atoms with van der Waals surface area (Å²) in [5.41, 5.74) is 6.04. The van der Waals surface area contributed by atoms with Crippen LogP contribution in [0.1, 0.15) is 24.4 Å². The SMILES string of the molecule is C=CCC[C@H](N)c1c(O)cc(O)cc1O.Cl. The van der Waals surface area contributed by atoms with Gasteiger partial charge >= 0.3 is 0 Å². The number of allylic oxidation sites excluding steroid dienone is 1. The molecule has 0 aliphatic heterocycles. The predicted molar refractivity (Wildman–Crippen MR) is 65.0 cm³/mol. The van der Waals surface area contributed by atoms with E-state index in [1.165, 1.54) is 0 Å². The molecule has 0 fully saturated rings. The highest BCUT2D eigenvalue weighted by atomic mass is 35.5. The second-order valence-electron chi connectivity index (χ2n) is 3.37. The first kappa shape index (κ1) is 14.6. The highest BCUT2D eigenvalue weighted by molar-refractivity contribution is 5.85. The van der Waals surface area contributed by atoms with Crippen molar-refractivity contribution >= 4 is 12.4 Å². The van der Waals surface area contributed by atoms with Crippen LogP contribution in [-0.4, -0.2) is 15.3 Å². The van der Waals surface area contributed by atoms with Gasteiger partial charge < -0.3 is 21.1 Å². The van der Waals surface area contributed by atoms with Gasteiger partial charge in [0.05, 0.1) is 5.56 Å². The molecule has 90 valence electrons. The molecule has 5 heteroatoms. The first-order chi connectivity index (χ1) is 7.06. The second kappa shape index (κ2) is 6.25. The van der Waals surface area contributed by atoms with Gasteiger partial charge in [0.2, 0.25) is 0 Å². The van der Waals surface area contributed by atoms with Crippen LogP contribution in [0.25, 0.3) is 0 Å². The van der Waals surface area contributed by atoms with E-state index in [-0.39, 0.29) is 35.2 Å². The molecule has 1 aromatic rings. The minimum atomic E-state index is -0.469. The minimum Gasteiger partial charge on any atom is -0.508 e. The van der Waals surface area contributed by atoms with Crippen LogP contribution < -0.4 is 5.73 Å². The van der Waals surface area contributed by atoms with Gasteiger partial charge in [-0.2, -0.15) is 0 Å². The lowest BCUT2D eigenvalue weighted by molar-refractivity contribution is 0.409. The van der Waals surface area contributed by atoms with Crippen molar-refractivity contribution in [2.24, 2.45) is 5.73 Å². The zero-order valence-corrected chi connectivity index (χ0v) is 9.57. The van der Waals surface area contributed by atoms with Crippen LogP contribution in [0.4, 0.5) is 0 Å². The number of halogens is 1. The van der Waals surface area contributed by atoms with E-state index in [9.17, 15) is 10.2 Å². The molecule has 0 unspecified atom stereocenters. The third kappa shape index (κ3) is 3.32. The van der Waals surface area contributed by atoms with Gasteiger partial charge in [0.1, 0.15) is 17.2 Å². The molecule has 1 rings (SSSR count). The van der Waals surface area contributed by atoms with Crippen molar-refractivity contribution in [1.82, 2.24) is 0 Å². The summed E-state index contributed by atoms with van der Waals surface area (Å²) in [6.45, 7) is 3.56. The van der Waals surface area contributed by atoms with E-state index in [1.807, 2.05) is 0 Å². The molecule has 0 heterocycles. The molecule has 0 aliphatic carbocycles. The first-order valence-electron chi connectivity index (χ1n) is 4.67. The number of phenolic OH excluding ortho intramolecular Hbond substituents is 3. The van der Waals surface area contributed by atoms with E-state index >= 15 is 0 Å². The first-order valence-corrected chi connectivity index (χ1v) is 4.67. The smallest absolute Gasteiger partial charge is 0.127 e. The third-order valence-corrected chi connectivity index (χ3v) is 2.17. The molecule has 0 amide bonds. The largest absolute Gasteiger partial charge is 0.508 e. The van der Waals surface area contributed by atoms with Gasteiger partial charge in [-0.1, -0.05) is 6.08 Å². The summed E-state index contributed by atoms with van der Waals surface area (Å²) in [4.78, 5) is 0. The summed E-state index contributed by atoms with van der Waals surface area (Å²) in [5.74, 6) is -0.571. The van der Waals surface area contributed by atoms with Gasteiger partial charge in [-0.05, 0) is 12.8 Å². The quantitative estimate of drug-likeness (QED) is 0.613. The summed E-state index contributed by atoms with van der Waals surface area (Å²) in [7, 11) is 0. The Bertz CT molecular complexity index is 345. The molecule has 16 heavy (non-hydrogen) atoms. The highest BCUT2D eigenvalue weighted by Crippen LogP contribution is 2.36. The molecule has 0 saturated heterocycles. The maximum atomic E-state index is 9.52. The predicted octanol–water partition coefficient (Wildman–Crippen LogP) is 2.19. The lowest BCUT2D eigenvalue weighted by Gasteiger charge is -2.14. The molecule has 1 aromatic carbocycles. The summed E-state index contributed by atoms with van der Waals surface area (Å²) in [6, 6.07) is 1.84. The summed E-state index contributed by atoms with van der Waals surface area (Å²) >= 11 is 0. The van der Waals surface area contributed by atoms with Crippen LogP contribution in [0.15, 0.2) is 24.8 Å². The van der Waals surface area contributed by atoms with Crippen LogP contribution in [0, 0.1) is 0 Å². The maximum Gasteiger partial charge on any atom is 0.127 e. The van der Waals surface area contributed by atoms with E-state index in [1.54, 1.807) is 6.08 Å². The number of phenols is 3. The number of hydrogen-bond acceptors (Lipinski definition) is 4. The van der Waals surface area contributed by atoms with Gasteiger partial charge in [0, 0.05) is 18.2 Å². The highest BCUT2D eigenvalue weighted by Gasteiger charge is 2.16. The second-order valence-corrected chi connectivity index (χ2v) is 3.37. The molecular formula is C11H16ClNO3. The molecular weight excluding hydrogens is 230 g/mol. The number of rotatable bonds is 4. The molecule has 0 bridgehead atoms. The Hall–Kier alpha value is -1.39. The number of nitrogens with two attached hydrogens (primary N) is 1. The Morgan fingerprint density at radius 3 is 2.19 bits per heavy atom. The van der Waals surface area contributed by atoms with E-state index in [2.05, 4.69) is 6.58 Å². The molecule has 1 atom stereocenters. The van der Waals surface area contributed by atoms with Gasteiger partial charge in [0.15, 0.2) is 0 Å². The Kier molecular flexibility index (Phi) is 5.71. The Balaban J connectivity index is 0.00000225. The molecule has 0 aliphatic rings. The van der Waals surface area contributed by atoms with Gasteiger partial charge in [0.25, 0.3) is 0 Å². The van der Waals surface area contributed by atoms with E-state index in [0.29, 0.717) is 12.8 Å². The van der Waals surface area contributed by atoms with Crippen molar-refractivity contribution in [3.63, 3.8) is 0 Å². The van der Waals surface area contributed by atoms with Gasteiger partial charge in [-0.25, -0.2) is 0 Å². The van der Waals surface area contributed by atoms with Crippen LogP contribution >= 0.6 is 12.4 Å². The Morgan fingerprint density at radius 2 is 1.75 bits per heavy atom. The Labute approximate surface area is 100 Å². The van der Waals surface area contributed by atoms with Crippen molar-refractivity contribution in [1.29, 1.82) is 0 Å². The van der Waals surface area contributed by atoms with Gasteiger partial charge in [-0.3, -0.25) is 0 Å². The van der Waals surface area contributed by atoms with Crippen molar-refractivity contribution in [2.75, 3.05) is 0 Å². The fraction of sp³-hybridized carbons (Fsp3) is 0.273. The van der Waals surface area contributed by atoms with Gasteiger partial charge in [-0.15, -0.1) is 19.0 Å². The number of aromatic hydroxyl groups is 3. The average Bonchev–Trinajstić information content (AvgIpc) is 2.12.